The third-order valence-electron chi connectivity index (χ3n) is 3.45. The highest BCUT2D eigenvalue weighted by atomic mass is 35.5. The van der Waals surface area contributed by atoms with Gasteiger partial charge in [0, 0.05) is 23.1 Å². The molecule has 2 rings (SSSR count). The lowest BCUT2D eigenvalue weighted by molar-refractivity contribution is -0.152. The van der Waals surface area contributed by atoms with Gasteiger partial charge >= 0.3 is 5.97 Å². The highest BCUT2D eigenvalue weighted by Gasteiger charge is 2.37. The largest absolute Gasteiger partial charge is 0.469 e. The second-order valence-electron chi connectivity index (χ2n) is 4.98. The molecule has 1 heterocycles. The van der Waals surface area contributed by atoms with Gasteiger partial charge in [0.15, 0.2) is 0 Å². The first-order valence-corrected chi connectivity index (χ1v) is 5.88. The fourth-order valence-electron chi connectivity index (χ4n) is 2.16. The minimum Gasteiger partial charge on any atom is -0.469 e. The summed E-state index contributed by atoms with van der Waals surface area (Å²) in [6.07, 6.45) is 1.87. The molecule has 1 atom stereocenters. The third kappa shape index (κ3) is 2.60. The van der Waals surface area contributed by atoms with Crippen LogP contribution in [0.3, 0.4) is 0 Å². The molecule has 0 fully saturated rings. The fourth-order valence-corrected chi connectivity index (χ4v) is 2.16. The van der Waals surface area contributed by atoms with E-state index < -0.39 is 11.5 Å². The summed E-state index contributed by atoms with van der Waals surface area (Å²) in [6.45, 7) is 3.60. The van der Waals surface area contributed by atoms with Crippen molar-refractivity contribution in [2.45, 2.75) is 19.9 Å². The number of hydrogen-bond donors (Lipinski definition) is 2. The van der Waals surface area contributed by atoms with Crippen molar-refractivity contribution in [2.75, 3.05) is 7.11 Å². The first-order valence-electron chi connectivity index (χ1n) is 5.88. The zero-order valence-corrected chi connectivity index (χ0v) is 12.1. The molecule has 0 amide bonds. The molecule has 104 valence electrons. The Hall–Kier alpha value is -1.52. The van der Waals surface area contributed by atoms with Crippen LogP contribution in [0, 0.1) is 5.41 Å². The second-order valence-corrected chi connectivity index (χ2v) is 4.98. The molecule has 0 radical (unpaired) electrons. The average Bonchev–Trinajstić information content (AvgIpc) is 2.84. The van der Waals surface area contributed by atoms with Crippen molar-refractivity contribution >= 4 is 29.3 Å². The van der Waals surface area contributed by atoms with Gasteiger partial charge in [-0.3, -0.25) is 4.79 Å². The SMILES string of the molecule is COC(=O)C(C)(C)[C@H](N)c1cccc2[nH]ccc12.Cl. The number of rotatable bonds is 3. The lowest BCUT2D eigenvalue weighted by atomic mass is 9.80. The summed E-state index contributed by atoms with van der Waals surface area (Å²) in [5.41, 5.74) is 7.46. The number of aromatic nitrogens is 1. The van der Waals surface area contributed by atoms with Crippen molar-refractivity contribution in [1.29, 1.82) is 0 Å². The second kappa shape index (κ2) is 5.63. The number of ether oxygens (including phenoxy) is 1. The molecule has 19 heavy (non-hydrogen) atoms. The Morgan fingerprint density at radius 3 is 2.68 bits per heavy atom. The van der Waals surface area contributed by atoms with Gasteiger partial charge in [-0.05, 0) is 31.5 Å². The Balaban J connectivity index is 0.00000180. The number of esters is 1. The number of carbonyl (C=O) groups is 1. The number of nitrogens with one attached hydrogen (secondary N) is 1. The fraction of sp³-hybridized carbons (Fsp3) is 0.357. The van der Waals surface area contributed by atoms with Crippen molar-refractivity contribution in [3.8, 4) is 0 Å². The number of H-pyrrole nitrogens is 1. The van der Waals surface area contributed by atoms with E-state index in [2.05, 4.69) is 4.98 Å². The van der Waals surface area contributed by atoms with Crippen molar-refractivity contribution in [3.63, 3.8) is 0 Å². The van der Waals surface area contributed by atoms with E-state index in [0.717, 1.165) is 16.5 Å². The van der Waals surface area contributed by atoms with Crippen LogP contribution in [-0.2, 0) is 9.53 Å². The number of hydrogen-bond acceptors (Lipinski definition) is 3. The van der Waals surface area contributed by atoms with Gasteiger partial charge in [-0.15, -0.1) is 12.4 Å². The van der Waals surface area contributed by atoms with E-state index in [1.165, 1.54) is 7.11 Å². The van der Waals surface area contributed by atoms with Crippen LogP contribution in [0.25, 0.3) is 10.9 Å². The maximum atomic E-state index is 11.8. The first kappa shape index (κ1) is 15.5. The molecule has 0 unspecified atom stereocenters. The Labute approximate surface area is 118 Å². The number of halogens is 1. The number of methoxy groups -OCH3 is 1. The lowest BCUT2D eigenvalue weighted by Gasteiger charge is -2.29. The molecule has 2 aromatic rings. The highest BCUT2D eigenvalue weighted by molar-refractivity contribution is 5.86. The molecule has 3 N–H and O–H groups in total. The van der Waals surface area contributed by atoms with Crippen LogP contribution in [-0.4, -0.2) is 18.1 Å². The summed E-state index contributed by atoms with van der Waals surface area (Å²) in [5.74, 6) is -0.303. The summed E-state index contributed by atoms with van der Waals surface area (Å²) >= 11 is 0. The smallest absolute Gasteiger partial charge is 0.313 e. The van der Waals surface area contributed by atoms with E-state index in [9.17, 15) is 4.79 Å². The van der Waals surface area contributed by atoms with Crippen LogP contribution in [0.5, 0.6) is 0 Å². The lowest BCUT2D eigenvalue weighted by Crippen LogP contribution is -2.37. The van der Waals surface area contributed by atoms with Gasteiger partial charge < -0.3 is 15.5 Å². The van der Waals surface area contributed by atoms with Crippen LogP contribution in [0.15, 0.2) is 30.5 Å². The van der Waals surface area contributed by atoms with Gasteiger partial charge in [-0.2, -0.15) is 0 Å². The van der Waals surface area contributed by atoms with Crippen LogP contribution < -0.4 is 5.73 Å². The number of fused-ring (bicyclic) bond motifs is 1. The van der Waals surface area contributed by atoms with Gasteiger partial charge in [0.1, 0.15) is 0 Å². The standard InChI is InChI=1S/C14H18N2O2.ClH/c1-14(2,13(17)18-3)12(15)10-5-4-6-11-9(10)7-8-16-11;/h4-8,12,16H,15H2,1-3H3;1H/t12-;/m1./s1. The van der Waals surface area contributed by atoms with Crippen molar-refractivity contribution < 1.29 is 9.53 Å². The first-order chi connectivity index (χ1) is 8.48. The summed E-state index contributed by atoms with van der Waals surface area (Å²) in [7, 11) is 1.38. The molecule has 0 saturated heterocycles. The maximum absolute atomic E-state index is 11.8. The summed E-state index contributed by atoms with van der Waals surface area (Å²) in [6, 6.07) is 7.42. The Morgan fingerprint density at radius 1 is 1.37 bits per heavy atom. The molecule has 1 aromatic carbocycles. The maximum Gasteiger partial charge on any atom is 0.313 e. The van der Waals surface area contributed by atoms with Crippen LogP contribution in [0.4, 0.5) is 0 Å². The molecule has 0 saturated carbocycles. The van der Waals surface area contributed by atoms with E-state index in [1.807, 2.05) is 30.5 Å². The van der Waals surface area contributed by atoms with Gasteiger partial charge in [0.05, 0.1) is 12.5 Å². The minimum absolute atomic E-state index is 0. The summed E-state index contributed by atoms with van der Waals surface area (Å²) < 4.78 is 4.82. The quantitative estimate of drug-likeness (QED) is 0.851. The van der Waals surface area contributed by atoms with E-state index in [0.29, 0.717) is 0 Å². The van der Waals surface area contributed by atoms with Crippen LogP contribution >= 0.6 is 12.4 Å². The van der Waals surface area contributed by atoms with Gasteiger partial charge in [0.2, 0.25) is 0 Å². The number of benzene rings is 1. The van der Waals surface area contributed by atoms with E-state index in [1.54, 1.807) is 13.8 Å². The number of nitrogens with two attached hydrogens (primary N) is 1. The van der Waals surface area contributed by atoms with Crippen molar-refractivity contribution in [1.82, 2.24) is 4.98 Å². The summed E-state index contributed by atoms with van der Waals surface area (Å²) in [4.78, 5) is 15.0. The van der Waals surface area contributed by atoms with Crippen molar-refractivity contribution in [3.05, 3.63) is 36.0 Å². The monoisotopic (exact) mass is 282 g/mol. The molecule has 1 aromatic heterocycles. The van der Waals surface area contributed by atoms with E-state index in [-0.39, 0.29) is 18.4 Å². The molecule has 0 bridgehead atoms. The van der Waals surface area contributed by atoms with Gasteiger partial charge in [-0.1, -0.05) is 12.1 Å². The molecular weight excluding hydrogens is 264 g/mol. The summed E-state index contributed by atoms with van der Waals surface area (Å²) in [5, 5.41) is 1.04. The minimum atomic E-state index is -0.764. The molecular formula is C14H19ClN2O2. The molecule has 0 aliphatic heterocycles. The molecule has 4 nitrogen and oxygen atoms in total. The normalized spacial score (nSPS) is 12.8. The molecule has 0 spiro atoms. The van der Waals surface area contributed by atoms with E-state index in [4.69, 9.17) is 10.5 Å². The number of aromatic amines is 1. The van der Waals surface area contributed by atoms with Crippen molar-refractivity contribution in [2.24, 2.45) is 11.1 Å². The Bertz CT molecular complexity index is 578. The topological polar surface area (TPSA) is 68.1 Å². The molecule has 5 heteroatoms. The molecule has 0 aliphatic rings. The number of carbonyl (C=O) groups excluding carboxylic acids is 1. The predicted molar refractivity (Wildman–Crippen MR) is 78.3 cm³/mol. The highest BCUT2D eigenvalue weighted by Crippen LogP contribution is 2.35. The van der Waals surface area contributed by atoms with Crippen LogP contribution in [0.2, 0.25) is 0 Å². The van der Waals surface area contributed by atoms with E-state index >= 15 is 0 Å². The van der Waals surface area contributed by atoms with Crippen LogP contribution in [0.1, 0.15) is 25.5 Å². The Kier molecular flexibility index (Phi) is 4.61. The average molecular weight is 283 g/mol. The zero-order chi connectivity index (χ0) is 13.3. The Morgan fingerprint density at radius 2 is 2.05 bits per heavy atom. The van der Waals surface area contributed by atoms with Gasteiger partial charge in [0.25, 0.3) is 0 Å². The predicted octanol–water partition coefficient (Wildman–Crippen LogP) is 2.79. The zero-order valence-electron chi connectivity index (χ0n) is 11.3. The van der Waals surface area contributed by atoms with Gasteiger partial charge in [-0.25, -0.2) is 0 Å². The molecule has 0 aliphatic carbocycles. The third-order valence-corrected chi connectivity index (χ3v) is 3.45.